The molecule has 0 aliphatic carbocycles. The summed E-state index contributed by atoms with van der Waals surface area (Å²) in [5, 5.41) is 8.84. The Bertz CT molecular complexity index is 468. The fraction of sp³-hybridized carbons (Fsp3) is 0.417. The average Bonchev–Trinajstić information content (AvgIpc) is 2.58. The lowest BCUT2D eigenvalue weighted by molar-refractivity contribution is -0.286. The van der Waals surface area contributed by atoms with Gasteiger partial charge in [0.2, 0.25) is 0 Å². The fourth-order valence-corrected chi connectivity index (χ4v) is 1.69. The highest BCUT2D eigenvalue weighted by atomic mass is 19.3. The fourth-order valence-electron chi connectivity index (χ4n) is 1.69. The topological polar surface area (TPSA) is 42.2 Å². The molecule has 3 nitrogen and oxygen atoms in total. The summed E-state index contributed by atoms with van der Waals surface area (Å²) in [6, 6.07) is 6.77. The van der Waals surface area contributed by atoms with Crippen LogP contribution < -0.4 is 9.47 Å². The first kappa shape index (κ1) is 11.6. The molecule has 1 unspecified atom stereocenters. The molecule has 90 valence electrons. The molecule has 0 bridgehead atoms. The van der Waals surface area contributed by atoms with E-state index in [1.54, 1.807) is 6.07 Å². The zero-order chi connectivity index (χ0) is 12.5. The Morgan fingerprint density at radius 2 is 2.06 bits per heavy atom. The summed E-state index contributed by atoms with van der Waals surface area (Å²) in [5.41, 5.74) is 0.790. The van der Waals surface area contributed by atoms with E-state index in [9.17, 15) is 8.78 Å². The smallest absolute Gasteiger partial charge is 0.395 e. The maximum absolute atomic E-state index is 12.8. The van der Waals surface area contributed by atoms with E-state index in [1.165, 1.54) is 12.1 Å². The number of nitriles is 1. The van der Waals surface area contributed by atoms with Crippen LogP contribution in [-0.2, 0) is 6.42 Å². The molecule has 0 amide bonds. The van der Waals surface area contributed by atoms with Gasteiger partial charge in [-0.3, -0.25) is 0 Å². The van der Waals surface area contributed by atoms with E-state index in [-0.39, 0.29) is 17.4 Å². The normalized spacial score (nSPS) is 17.5. The molecule has 1 heterocycles. The standard InChI is InChI=1S/C12H11F2NO2/c1-2-8(7-15)5-9-3-4-10-11(6-9)17-12(13,14)16-10/h3-4,6,8H,2,5H2,1H3. The molecule has 5 heteroatoms. The third-order valence-corrected chi connectivity index (χ3v) is 2.62. The van der Waals surface area contributed by atoms with Crippen LogP contribution in [0.2, 0.25) is 0 Å². The van der Waals surface area contributed by atoms with Gasteiger partial charge in [0.15, 0.2) is 11.5 Å². The predicted molar refractivity (Wildman–Crippen MR) is 55.7 cm³/mol. The summed E-state index contributed by atoms with van der Waals surface area (Å²) in [6.07, 6.45) is -2.34. The Morgan fingerprint density at radius 1 is 1.35 bits per heavy atom. The number of rotatable bonds is 3. The summed E-state index contributed by atoms with van der Waals surface area (Å²) in [6.45, 7) is 1.91. The maximum atomic E-state index is 12.8. The molecule has 0 fully saturated rings. The van der Waals surface area contributed by atoms with Gasteiger partial charge >= 0.3 is 6.29 Å². The first-order chi connectivity index (χ1) is 8.04. The molecular weight excluding hydrogens is 228 g/mol. The molecule has 0 spiro atoms. The molecule has 0 radical (unpaired) electrons. The number of ether oxygens (including phenoxy) is 2. The van der Waals surface area contributed by atoms with Crippen molar-refractivity contribution in [3.8, 4) is 17.6 Å². The van der Waals surface area contributed by atoms with E-state index in [2.05, 4.69) is 15.5 Å². The van der Waals surface area contributed by atoms with Crippen molar-refractivity contribution in [2.75, 3.05) is 0 Å². The minimum absolute atomic E-state index is 0.0280. The van der Waals surface area contributed by atoms with Crippen LogP contribution >= 0.6 is 0 Å². The van der Waals surface area contributed by atoms with Crippen molar-refractivity contribution in [3.63, 3.8) is 0 Å². The zero-order valence-corrected chi connectivity index (χ0v) is 9.24. The lowest BCUT2D eigenvalue weighted by Gasteiger charge is -2.06. The van der Waals surface area contributed by atoms with Crippen molar-refractivity contribution >= 4 is 0 Å². The Labute approximate surface area is 97.6 Å². The van der Waals surface area contributed by atoms with Crippen molar-refractivity contribution in [3.05, 3.63) is 23.8 Å². The van der Waals surface area contributed by atoms with E-state index in [0.29, 0.717) is 6.42 Å². The van der Waals surface area contributed by atoms with Crippen LogP contribution in [0.5, 0.6) is 11.5 Å². The lowest BCUT2D eigenvalue weighted by atomic mass is 9.98. The van der Waals surface area contributed by atoms with Crippen molar-refractivity contribution in [1.29, 1.82) is 5.26 Å². The van der Waals surface area contributed by atoms with Crippen LogP contribution in [0.4, 0.5) is 8.78 Å². The highest BCUT2D eigenvalue weighted by Crippen LogP contribution is 2.41. The summed E-state index contributed by atoms with van der Waals surface area (Å²) in [5.74, 6) is -0.0556. The van der Waals surface area contributed by atoms with Gasteiger partial charge in [0.05, 0.1) is 12.0 Å². The Balaban J connectivity index is 2.17. The van der Waals surface area contributed by atoms with Gasteiger partial charge in [0, 0.05) is 0 Å². The summed E-state index contributed by atoms with van der Waals surface area (Å²) in [4.78, 5) is 0. The molecule has 0 saturated carbocycles. The van der Waals surface area contributed by atoms with Crippen LogP contribution in [0, 0.1) is 17.2 Å². The molecule has 17 heavy (non-hydrogen) atoms. The second-order valence-electron chi connectivity index (χ2n) is 3.89. The Kier molecular flexibility index (Phi) is 2.88. The van der Waals surface area contributed by atoms with Gasteiger partial charge in [0.25, 0.3) is 0 Å². The Morgan fingerprint density at radius 3 is 2.71 bits per heavy atom. The van der Waals surface area contributed by atoms with Crippen LogP contribution in [0.25, 0.3) is 0 Å². The third-order valence-electron chi connectivity index (χ3n) is 2.62. The van der Waals surface area contributed by atoms with Gasteiger partial charge in [-0.15, -0.1) is 8.78 Å². The predicted octanol–water partition coefficient (Wildman–Crippen LogP) is 3.10. The number of nitrogens with zero attached hydrogens (tertiary/aromatic N) is 1. The average molecular weight is 239 g/mol. The van der Waals surface area contributed by atoms with Gasteiger partial charge in [-0.1, -0.05) is 13.0 Å². The molecule has 0 N–H and O–H groups in total. The maximum Gasteiger partial charge on any atom is 0.586 e. The molecule has 1 atom stereocenters. The highest BCUT2D eigenvalue weighted by Gasteiger charge is 2.43. The number of hydrogen-bond acceptors (Lipinski definition) is 3. The molecule has 0 aromatic heterocycles. The number of fused-ring (bicyclic) bond motifs is 1. The molecule has 1 aliphatic rings. The minimum atomic E-state index is -3.58. The summed E-state index contributed by atoms with van der Waals surface area (Å²) in [7, 11) is 0. The minimum Gasteiger partial charge on any atom is -0.395 e. The molecule has 1 aromatic rings. The van der Waals surface area contributed by atoms with E-state index in [4.69, 9.17) is 5.26 Å². The van der Waals surface area contributed by atoms with Crippen LogP contribution in [-0.4, -0.2) is 6.29 Å². The van der Waals surface area contributed by atoms with E-state index < -0.39 is 6.29 Å². The Hall–Kier alpha value is -1.83. The SMILES string of the molecule is CCC(C#N)Cc1ccc2c(c1)OC(F)(F)O2. The second kappa shape index (κ2) is 4.21. The third kappa shape index (κ3) is 2.47. The molecule has 1 aliphatic heterocycles. The van der Waals surface area contributed by atoms with Gasteiger partial charge in [-0.2, -0.15) is 5.26 Å². The van der Waals surface area contributed by atoms with Crippen molar-refractivity contribution in [2.45, 2.75) is 26.1 Å². The van der Waals surface area contributed by atoms with Gasteiger partial charge in [0.1, 0.15) is 0 Å². The van der Waals surface area contributed by atoms with Crippen molar-refractivity contribution < 1.29 is 18.3 Å². The van der Waals surface area contributed by atoms with Crippen molar-refractivity contribution in [2.24, 2.45) is 5.92 Å². The van der Waals surface area contributed by atoms with Crippen LogP contribution in [0.15, 0.2) is 18.2 Å². The summed E-state index contributed by atoms with van der Waals surface area (Å²) < 4.78 is 34.2. The second-order valence-corrected chi connectivity index (χ2v) is 3.89. The van der Waals surface area contributed by atoms with Gasteiger partial charge < -0.3 is 9.47 Å². The van der Waals surface area contributed by atoms with E-state index in [0.717, 1.165) is 12.0 Å². The molecule has 2 rings (SSSR count). The van der Waals surface area contributed by atoms with E-state index in [1.807, 2.05) is 6.92 Å². The molecular formula is C12H11F2NO2. The van der Waals surface area contributed by atoms with Crippen LogP contribution in [0.3, 0.4) is 0 Å². The number of alkyl halides is 2. The van der Waals surface area contributed by atoms with Crippen LogP contribution in [0.1, 0.15) is 18.9 Å². The molecule has 0 saturated heterocycles. The van der Waals surface area contributed by atoms with Crippen molar-refractivity contribution in [1.82, 2.24) is 0 Å². The van der Waals surface area contributed by atoms with Gasteiger partial charge in [-0.25, -0.2) is 0 Å². The lowest BCUT2D eigenvalue weighted by Crippen LogP contribution is -2.25. The zero-order valence-electron chi connectivity index (χ0n) is 9.24. The largest absolute Gasteiger partial charge is 0.586 e. The molecule has 1 aromatic carbocycles. The quantitative estimate of drug-likeness (QED) is 0.813. The first-order valence-corrected chi connectivity index (χ1v) is 5.32. The number of hydrogen-bond donors (Lipinski definition) is 0. The van der Waals surface area contributed by atoms with Gasteiger partial charge in [-0.05, 0) is 30.5 Å². The number of halogens is 2. The monoisotopic (exact) mass is 239 g/mol. The summed E-state index contributed by atoms with van der Waals surface area (Å²) >= 11 is 0. The number of benzene rings is 1. The highest BCUT2D eigenvalue weighted by molar-refractivity contribution is 5.45. The first-order valence-electron chi connectivity index (χ1n) is 5.32. The van der Waals surface area contributed by atoms with E-state index >= 15 is 0 Å².